The number of benzene rings is 1. The molecule has 0 amide bonds. The number of ketones is 1. The van der Waals surface area contributed by atoms with E-state index in [1.807, 2.05) is 18.2 Å². The van der Waals surface area contributed by atoms with Crippen molar-refractivity contribution < 1.29 is 4.79 Å². The van der Waals surface area contributed by atoms with Crippen LogP contribution in [0.5, 0.6) is 0 Å². The number of hydrogen-bond donors (Lipinski definition) is 0. The van der Waals surface area contributed by atoms with Gasteiger partial charge < -0.3 is 0 Å². The van der Waals surface area contributed by atoms with Crippen molar-refractivity contribution in [3.8, 4) is 11.8 Å². The first-order valence-electron chi connectivity index (χ1n) is 15.0. The minimum absolute atomic E-state index is 0.0732. The molecule has 8 unspecified atom stereocenters. The third kappa shape index (κ3) is 4.64. The van der Waals surface area contributed by atoms with Crippen molar-refractivity contribution >= 4 is 5.78 Å². The topological polar surface area (TPSA) is 17.1 Å². The first kappa shape index (κ1) is 25.8. The average Bonchev–Trinajstić information content (AvgIpc) is 3.21. The molecule has 0 radical (unpaired) electrons. The van der Waals surface area contributed by atoms with Gasteiger partial charge in [-0.2, -0.15) is 0 Å². The summed E-state index contributed by atoms with van der Waals surface area (Å²) in [6.07, 6.45) is 14.8. The second-order valence-corrected chi connectivity index (χ2v) is 13.9. The number of carbonyl (C=O) groups excluding carboxylic acids is 1. The Morgan fingerprint density at radius 2 is 1.67 bits per heavy atom. The normalized spacial score (nSPS) is 38.3. The van der Waals surface area contributed by atoms with Crippen LogP contribution in [-0.2, 0) is 4.79 Å². The Hall–Kier alpha value is -1.81. The number of rotatable bonds is 5. The van der Waals surface area contributed by atoms with Crippen LogP contribution in [-0.4, -0.2) is 5.78 Å². The molecule has 0 N–H and O–H groups in total. The molecule has 0 saturated heterocycles. The second kappa shape index (κ2) is 10.2. The van der Waals surface area contributed by atoms with Crippen LogP contribution in [0.4, 0.5) is 0 Å². The number of allylic oxidation sites excluding steroid dienone is 2. The highest BCUT2D eigenvalue weighted by molar-refractivity contribution is 5.85. The predicted octanol–water partition coefficient (Wildman–Crippen LogP) is 8.87. The summed E-state index contributed by atoms with van der Waals surface area (Å²) in [5.74, 6) is 11.9. The number of hydrogen-bond acceptors (Lipinski definition) is 1. The summed E-state index contributed by atoms with van der Waals surface area (Å²) in [4.78, 5) is 13.7. The van der Waals surface area contributed by atoms with Gasteiger partial charge in [0.1, 0.15) is 5.78 Å². The number of fused-ring (bicyclic) bond motifs is 5. The van der Waals surface area contributed by atoms with Crippen molar-refractivity contribution in [2.75, 3.05) is 0 Å². The summed E-state index contributed by atoms with van der Waals surface area (Å²) < 4.78 is 0. The molecule has 0 spiro atoms. The largest absolute Gasteiger partial charge is 0.299 e. The molecule has 3 saturated carbocycles. The molecular weight excluding hydrogens is 436 g/mol. The molecule has 194 valence electrons. The zero-order valence-electron chi connectivity index (χ0n) is 23.5. The third-order valence-electron chi connectivity index (χ3n) is 11.4. The van der Waals surface area contributed by atoms with Crippen LogP contribution in [0.15, 0.2) is 42.0 Å². The van der Waals surface area contributed by atoms with Crippen LogP contribution in [0.25, 0.3) is 0 Å². The molecule has 0 aliphatic heterocycles. The van der Waals surface area contributed by atoms with Crippen molar-refractivity contribution in [3.63, 3.8) is 0 Å². The van der Waals surface area contributed by atoms with Crippen LogP contribution in [0.3, 0.4) is 0 Å². The Kier molecular flexibility index (Phi) is 7.29. The molecule has 1 heteroatoms. The van der Waals surface area contributed by atoms with Crippen LogP contribution >= 0.6 is 0 Å². The molecule has 3 fully saturated rings. The van der Waals surface area contributed by atoms with E-state index in [1.54, 1.807) is 0 Å². The molecule has 1 aromatic rings. The highest BCUT2D eigenvalue weighted by Crippen LogP contribution is 2.67. The Balaban J connectivity index is 1.32. The Morgan fingerprint density at radius 1 is 0.917 bits per heavy atom. The van der Waals surface area contributed by atoms with Gasteiger partial charge in [0.05, 0.1) is 0 Å². The Morgan fingerprint density at radius 3 is 2.42 bits per heavy atom. The Labute approximate surface area is 220 Å². The van der Waals surface area contributed by atoms with E-state index in [4.69, 9.17) is 0 Å². The van der Waals surface area contributed by atoms with Gasteiger partial charge in [0.2, 0.25) is 0 Å². The van der Waals surface area contributed by atoms with E-state index in [2.05, 4.69) is 64.7 Å². The van der Waals surface area contributed by atoms with Gasteiger partial charge in [0.15, 0.2) is 0 Å². The van der Waals surface area contributed by atoms with Crippen LogP contribution in [0, 0.1) is 64.1 Å². The van der Waals surface area contributed by atoms with Gasteiger partial charge in [-0.15, -0.1) is 0 Å². The fourth-order valence-corrected chi connectivity index (χ4v) is 9.46. The smallest absolute Gasteiger partial charge is 0.140 e. The minimum atomic E-state index is 0.0732. The van der Waals surface area contributed by atoms with Crippen molar-refractivity contribution in [1.82, 2.24) is 0 Å². The van der Waals surface area contributed by atoms with Gasteiger partial charge in [0, 0.05) is 17.9 Å². The summed E-state index contributed by atoms with van der Waals surface area (Å²) in [5, 5.41) is 0. The lowest BCUT2D eigenvalue weighted by molar-refractivity contribution is -0.146. The lowest BCUT2D eigenvalue weighted by Gasteiger charge is -2.59. The number of Topliss-reactive ketones (excluding diaryl/α,β-unsaturated/α-hetero) is 1. The second-order valence-electron chi connectivity index (χ2n) is 13.9. The van der Waals surface area contributed by atoms with Crippen LogP contribution < -0.4 is 0 Å². The zero-order chi connectivity index (χ0) is 25.5. The zero-order valence-corrected chi connectivity index (χ0v) is 23.5. The van der Waals surface area contributed by atoms with E-state index in [0.717, 1.165) is 48.5 Å². The fraction of sp³-hybridized carbons (Fsp3) is 0.686. The third-order valence-corrected chi connectivity index (χ3v) is 11.4. The molecule has 8 atom stereocenters. The van der Waals surface area contributed by atoms with Crippen LogP contribution in [0.1, 0.15) is 104 Å². The number of carbonyl (C=O) groups is 1. The van der Waals surface area contributed by atoms with E-state index >= 15 is 0 Å². The highest BCUT2D eigenvalue weighted by atomic mass is 16.1. The lowest BCUT2D eigenvalue weighted by Crippen LogP contribution is -2.55. The van der Waals surface area contributed by atoms with Crippen molar-refractivity contribution in [3.05, 3.63) is 47.5 Å². The molecule has 0 bridgehead atoms. The maximum absolute atomic E-state index is 13.7. The molecular formula is C35H48O. The molecule has 4 aliphatic rings. The van der Waals surface area contributed by atoms with Gasteiger partial charge in [-0.3, -0.25) is 4.79 Å². The van der Waals surface area contributed by atoms with E-state index in [0.29, 0.717) is 23.0 Å². The summed E-state index contributed by atoms with van der Waals surface area (Å²) in [6.45, 7) is 12.3. The molecule has 4 aliphatic carbocycles. The van der Waals surface area contributed by atoms with Gasteiger partial charge >= 0.3 is 0 Å². The molecule has 0 heterocycles. The quantitative estimate of drug-likeness (QED) is 0.381. The molecule has 0 aromatic heterocycles. The Bertz CT molecular complexity index is 1040. The highest BCUT2D eigenvalue weighted by Gasteiger charge is 2.61. The van der Waals surface area contributed by atoms with Gasteiger partial charge in [-0.05, 0) is 103 Å². The van der Waals surface area contributed by atoms with E-state index in [-0.39, 0.29) is 11.3 Å². The minimum Gasteiger partial charge on any atom is -0.299 e. The summed E-state index contributed by atoms with van der Waals surface area (Å²) >= 11 is 0. The SMILES string of the molecule is CC(C)CCCC(C)C1CCC2C3CC(=O)C4C=C(C#Cc5ccccc5)CCC4(C)C3CCC12C. The fourth-order valence-electron chi connectivity index (χ4n) is 9.46. The first-order chi connectivity index (χ1) is 17.2. The molecule has 36 heavy (non-hydrogen) atoms. The molecule has 1 aromatic carbocycles. The standard InChI is InChI=1S/C35H48O/c1-24(2)10-9-11-25(3)29-16-17-30-28-23-33(36)32-22-27(15-14-26-12-7-6-8-13-26)18-20-35(32,5)31(28)19-21-34(29,30)4/h6-8,12-13,22,24-25,28-32H,9-11,16-21,23H2,1-5H3. The maximum atomic E-state index is 13.7. The summed E-state index contributed by atoms with van der Waals surface area (Å²) in [7, 11) is 0. The predicted molar refractivity (Wildman–Crippen MR) is 150 cm³/mol. The van der Waals surface area contributed by atoms with Crippen molar-refractivity contribution in [2.24, 2.45) is 52.3 Å². The van der Waals surface area contributed by atoms with Crippen molar-refractivity contribution in [2.45, 2.75) is 98.8 Å². The van der Waals surface area contributed by atoms with E-state index < -0.39 is 0 Å². The first-order valence-corrected chi connectivity index (χ1v) is 15.0. The summed E-state index contributed by atoms with van der Waals surface area (Å²) in [6, 6.07) is 10.2. The van der Waals surface area contributed by atoms with Crippen LogP contribution in [0.2, 0.25) is 0 Å². The summed E-state index contributed by atoms with van der Waals surface area (Å²) in [5.41, 5.74) is 2.81. The average molecular weight is 485 g/mol. The molecule has 5 rings (SSSR count). The maximum Gasteiger partial charge on any atom is 0.140 e. The van der Waals surface area contributed by atoms with Gasteiger partial charge in [-0.1, -0.05) is 90.0 Å². The van der Waals surface area contributed by atoms with E-state index in [1.165, 1.54) is 50.5 Å². The van der Waals surface area contributed by atoms with Gasteiger partial charge in [0.25, 0.3) is 0 Å². The van der Waals surface area contributed by atoms with Gasteiger partial charge in [-0.25, -0.2) is 0 Å². The molecule has 1 nitrogen and oxygen atoms in total. The lowest BCUT2D eigenvalue weighted by atomic mass is 9.44. The monoisotopic (exact) mass is 484 g/mol. The van der Waals surface area contributed by atoms with E-state index in [9.17, 15) is 4.79 Å². The van der Waals surface area contributed by atoms with Crippen molar-refractivity contribution in [1.29, 1.82) is 0 Å².